The van der Waals surface area contributed by atoms with Gasteiger partial charge in [-0.1, -0.05) is 0 Å². The van der Waals surface area contributed by atoms with Crippen molar-refractivity contribution in [3.8, 4) is 0 Å². The van der Waals surface area contributed by atoms with Gasteiger partial charge in [0.15, 0.2) is 0 Å². The molecule has 4 nitrogen and oxygen atoms in total. The fourth-order valence-corrected chi connectivity index (χ4v) is 0. The summed E-state index contributed by atoms with van der Waals surface area (Å²) in [6.45, 7) is 0. The molecule has 0 aromatic carbocycles. The molecule has 0 heterocycles. The normalized spacial score (nSPS) is 14.8. The maximum Gasteiger partial charge on any atom is 2.00 e. The van der Waals surface area contributed by atoms with Crippen LogP contribution in [0.3, 0.4) is 0 Å². The summed E-state index contributed by atoms with van der Waals surface area (Å²) >= 11 is 0. The summed E-state index contributed by atoms with van der Waals surface area (Å²) in [5.41, 5.74) is 0. The van der Waals surface area contributed by atoms with Crippen LogP contribution in [0.2, 0.25) is 0 Å². The Labute approximate surface area is 108 Å². The Kier molecular flexibility index (Phi) is 19.9. The van der Waals surface area contributed by atoms with Gasteiger partial charge in [0.05, 0.1) is 0 Å². The molecule has 2 unspecified atom stereocenters. The molecule has 8 heavy (non-hydrogen) atoms. The quantitative estimate of drug-likeness (QED) is 0.257. The smallest absolute Gasteiger partial charge is 1.00 e. The van der Waals surface area contributed by atoms with Crippen molar-refractivity contribution in [3.05, 3.63) is 0 Å². The van der Waals surface area contributed by atoms with Gasteiger partial charge in [-0.05, 0) is 0 Å². The zero-order valence-corrected chi connectivity index (χ0v) is 10.1. The molecule has 44 valence electrons. The summed E-state index contributed by atoms with van der Waals surface area (Å²) in [6.07, 6.45) is 0. The Bertz CT molecular complexity index is 89.3. The third kappa shape index (κ3) is 11.3. The van der Waals surface area contributed by atoms with Gasteiger partial charge in [0.25, 0.3) is 20.2 Å². The summed E-state index contributed by atoms with van der Waals surface area (Å²) < 4.78 is 33.6. The minimum Gasteiger partial charge on any atom is -1.00 e. The van der Waals surface area contributed by atoms with Crippen molar-refractivity contribution in [1.29, 1.82) is 0 Å². The summed E-state index contributed by atoms with van der Waals surface area (Å²) in [6, 6.07) is 0. The van der Waals surface area contributed by atoms with Gasteiger partial charge >= 0.3 is 67.3 Å². The molecule has 0 saturated carbocycles. The van der Waals surface area contributed by atoms with Crippen LogP contribution < -0.4 is 29.6 Å². The summed E-state index contributed by atoms with van der Waals surface area (Å²) in [5.74, 6) is 0. The van der Waals surface area contributed by atoms with Crippen LogP contribution in [0.1, 0.15) is 4.28 Å². The number of hydrogen-bond donors (Lipinski definition) is 2. The molecule has 8 heteroatoms. The topological polar surface area (TPSA) is 74.6 Å². The van der Waals surface area contributed by atoms with E-state index in [2.05, 4.69) is 0 Å². The summed E-state index contributed by atoms with van der Waals surface area (Å²) in [7, 11) is -5.18. The molecule has 0 bridgehead atoms. The van der Waals surface area contributed by atoms with Gasteiger partial charge in [-0.3, -0.25) is 9.11 Å². The van der Waals surface area contributed by atoms with Gasteiger partial charge < -0.3 is 4.28 Å². The van der Waals surface area contributed by atoms with Crippen molar-refractivity contribution in [3.63, 3.8) is 0 Å². The minimum atomic E-state index is -2.59. The van der Waals surface area contributed by atoms with Crippen molar-refractivity contribution in [2.45, 2.75) is 0 Å². The Balaban J connectivity index is -0.0000000125. The van der Waals surface area contributed by atoms with Gasteiger partial charge in [-0.2, -0.15) is 0 Å². The number of hydrogen-bond acceptors (Lipinski definition) is 2. The van der Waals surface area contributed by atoms with E-state index in [0.717, 1.165) is 0 Å². The molecule has 0 saturated heterocycles. The van der Waals surface area contributed by atoms with Crippen LogP contribution >= 0.6 is 0 Å². The predicted octanol–water partition coefficient (Wildman–Crippen LogP) is -3.69. The van der Waals surface area contributed by atoms with Crippen molar-refractivity contribution in [1.82, 2.24) is 0 Å². The van der Waals surface area contributed by atoms with Crippen LogP contribution in [0.4, 0.5) is 0 Å². The summed E-state index contributed by atoms with van der Waals surface area (Å²) in [4.78, 5) is 0. The second-order valence-electron chi connectivity index (χ2n) is 0.434. The Morgan fingerprint density at radius 2 is 1.25 bits per heavy atom. The Morgan fingerprint density at radius 3 is 1.25 bits per heavy atom. The first-order chi connectivity index (χ1) is 2.64. The summed E-state index contributed by atoms with van der Waals surface area (Å²) in [5, 5.41) is 0. The zero-order chi connectivity index (χ0) is 5.15. The average molecular weight is 196 g/mol. The monoisotopic (exact) mass is 196 g/mol. The fraction of sp³-hybridized carbons (Fsp3) is 0. The second-order valence-corrected chi connectivity index (χ2v) is 3.01. The molecule has 0 spiro atoms. The Hall–Kier alpha value is 2.48. The van der Waals surface area contributed by atoms with Crippen molar-refractivity contribution in [2.24, 2.45) is 0 Å². The molecule has 0 aliphatic carbocycles. The van der Waals surface area contributed by atoms with E-state index in [0.29, 0.717) is 0 Å². The molecule has 0 radical (unpaired) electrons. The zero-order valence-electron chi connectivity index (χ0n) is 7.23. The third-order valence-electron chi connectivity index (χ3n) is 0.122. The SMILES string of the molecule is O=S(O)S(=O)O.[Ca+2].[H-].[H-].[H-].[Na+]. The van der Waals surface area contributed by atoms with Crippen LogP contribution in [-0.2, 0) is 20.2 Å². The maximum absolute atomic E-state index is 9.26. The van der Waals surface area contributed by atoms with Crippen LogP contribution in [0.15, 0.2) is 0 Å². The fourth-order valence-electron chi connectivity index (χ4n) is 0. The van der Waals surface area contributed by atoms with Crippen molar-refractivity contribution in [2.75, 3.05) is 0 Å². The minimum absolute atomic E-state index is 0. The van der Waals surface area contributed by atoms with Crippen LogP contribution in [0.25, 0.3) is 0 Å². The van der Waals surface area contributed by atoms with Gasteiger partial charge in [-0.25, -0.2) is 8.42 Å². The number of rotatable bonds is 1. The molecular weight excluding hydrogens is 191 g/mol. The van der Waals surface area contributed by atoms with E-state index in [1.807, 2.05) is 0 Å². The van der Waals surface area contributed by atoms with Crippen molar-refractivity contribution < 1.29 is 51.4 Å². The molecule has 0 fully saturated rings. The van der Waals surface area contributed by atoms with E-state index in [1.165, 1.54) is 0 Å². The van der Waals surface area contributed by atoms with E-state index in [9.17, 15) is 8.42 Å². The van der Waals surface area contributed by atoms with E-state index in [4.69, 9.17) is 9.11 Å². The first kappa shape index (κ1) is 16.8. The standard InChI is InChI=1S/Ca.Na.H2O4S2.3H/c;;1-5(2)6(3)4;;;/h;;(H,1,2)(H,3,4);;;/q+2;+1;;3*-1. The molecule has 0 aliphatic heterocycles. The first-order valence-corrected chi connectivity index (χ1v) is 3.60. The van der Waals surface area contributed by atoms with E-state index < -0.39 is 20.2 Å². The first-order valence-electron chi connectivity index (χ1n) is 0.865. The molecule has 0 aliphatic rings. The molecule has 0 rings (SSSR count). The van der Waals surface area contributed by atoms with Gasteiger partial charge in [0.1, 0.15) is 0 Å². The van der Waals surface area contributed by atoms with Crippen LogP contribution in [-0.4, -0.2) is 55.3 Å². The van der Waals surface area contributed by atoms with Gasteiger partial charge in [-0.15, -0.1) is 0 Å². The predicted molar refractivity (Wildman–Crippen MR) is 30.6 cm³/mol. The molecule has 0 aromatic heterocycles. The van der Waals surface area contributed by atoms with Crippen LogP contribution in [0, 0.1) is 0 Å². The average Bonchev–Trinajstić information content (AvgIpc) is 1.36. The maximum atomic E-state index is 9.26. The second kappa shape index (κ2) is 9.48. The molecule has 0 aromatic rings. The van der Waals surface area contributed by atoms with E-state index in [-0.39, 0.29) is 71.6 Å². The van der Waals surface area contributed by atoms with E-state index >= 15 is 0 Å². The Morgan fingerprint density at radius 1 is 1.12 bits per heavy atom. The molecular formula is H5CaNaO4S2. The van der Waals surface area contributed by atoms with Crippen molar-refractivity contribution >= 4 is 58.0 Å². The molecule has 2 atom stereocenters. The third-order valence-corrected chi connectivity index (χ3v) is 1.10. The van der Waals surface area contributed by atoms with Gasteiger partial charge in [0.2, 0.25) is 0 Å². The molecule has 2 N–H and O–H groups in total. The van der Waals surface area contributed by atoms with E-state index in [1.54, 1.807) is 0 Å². The van der Waals surface area contributed by atoms with Crippen LogP contribution in [0.5, 0.6) is 0 Å². The molecule has 0 amide bonds. The van der Waals surface area contributed by atoms with Gasteiger partial charge in [0, 0.05) is 0 Å². The largest absolute Gasteiger partial charge is 2.00 e.